The van der Waals surface area contributed by atoms with Crippen molar-refractivity contribution in [2.45, 2.75) is 25.9 Å². The molecule has 1 aromatic carbocycles. The van der Waals surface area contributed by atoms with Crippen molar-refractivity contribution in [1.82, 2.24) is 0 Å². The van der Waals surface area contributed by atoms with Crippen molar-refractivity contribution < 1.29 is 14.8 Å². The predicted octanol–water partition coefficient (Wildman–Crippen LogP) is 1.92. The molecule has 1 rings (SSSR count). The molecule has 88 valence electrons. The molecule has 0 aliphatic carbocycles. The van der Waals surface area contributed by atoms with E-state index in [4.69, 9.17) is 4.74 Å². The number of nitro groups is 1. The topological polar surface area (TPSA) is 72.6 Å². The summed E-state index contributed by atoms with van der Waals surface area (Å²) in [4.78, 5) is 10.2. The molecule has 0 fully saturated rings. The summed E-state index contributed by atoms with van der Waals surface area (Å²) in [6, 6.07) is 4.59. The largest absolute Gasteiger partial charge is 0.490 e. The van der Waals surface area contributed by atoms with Gasteiger partial charge in [0, 0.05) is 12.5 Å². The Morgan fingerprint density at radius 3 is 2.56 bits per heavy atom. The molecule has 1 N–H and O–H groups in total. The Morgan fingerprint density at radius 1 is 1.50 bits per heavy atom. The summed E-state index contributed by atoms with van der Waals surface area (Å²) >= 11 is 0. The van der Waals surface area contributed by atoms with Crippen LogP contribution in [-0.2, 0) is 6.42 Å². The van der Waals surface area contributed by atoms with Crippen LogP contribution in [0.25, 0.3) is 0 Å². The molecule has 0 spiro atoms. The third-order valence-corrected chi connectivity index (χ3v) is 2.08. The SMILES string of the molecule is COc1cc(CC(C)(C)O)ccc1[N+](=O)[O-]. The summed E-state index contributed by atoms with van der Waals surface area (Å²) in [5, 5.41) is 20.3. The first-order valence-electron chi connectivity index (χ1n) is 4.87. The molecule has 0 unspecified atom stereocenters. The smallest absolute Gasteiger partial charge is 0.310 e. The monoisotopic (exact) mass is 225 g/mol. The summed E-state index contributed by atoms with van der Waals surface area (Å²) in [6.45, 7) is 3.36. The quantitative estimate of drug-likeness (QED) is 0.627. The Bertz CT molecular complexity index is 395. The fraction of sp³-hybridized carbons (Fsp3) is 0.455. The van der Waals surface area contributed by atoms with Gasteiger partial charge in [-0.3, -0.25) is 10.1 Å². The van der Waals surface area contributed by atoms with Crippen molar-refractivity contribution in [2.75, 3.05) is 7.11 Å². The number of hydrogen-bond acceptors (Lipinski definition) is 4. The van der Waals surface area contributed by atoms with Crippen LogP contribution in [0.3, 0.4) is 0 Å². The Labute approximate surface area is 93.8 Å². The summed E-state index contributed by atoms with van der Waals surface area (Å²) in [7, 11) is 1.39. The Kier molecular flexibility index (Phi) is 3.49. The molecule has 5 heteroatoms. The van der Waals surface area contributed by atoms with Crippen molar-refractivity contribution in [2.24, 2.45) is 0 Å². The van der Waals surface area contributed by atoms with E-state index in [1.165, 1.54) is 13.2 Å². The van der Waals surface area contributed by atoms with Gasteiger partial charge in [-0.15, -0.1) is 0 Å². The molecule has 0 aliphatic heterocycles. The van der Waals surface area contributed by atoms with Crippen molar-refractivity contribution >= 4 is 5.69 Å². The van der Waals surface area contributed by atoms with E-state index in [-0.39, 0.29) is 11.4 Å². The van der Waals surface area contributed by atoms with Gasteiger partial charge in [-0.2, -0.15) is 0 Å². The first-order chi connectivity index (χ1) is 7.33. The van der Waals surface area contributed by atoms with E-state index in [9.17, 15) is 15.2 Å². The second-order valence-electron chi connectivity index (χ2n) is 4.25. The minimum Gasteiger partial charge on any atom is -0.490 e. The predicted molar refractivity (Wildman–Crippen MR) is 59.7 cm³/mol. The van der Waals surface area contributed by atoms with Gasteiger partial charge in [0.15, 0.2) is 5.75 Å². The fourth-order valence-electron chi connectivity index (χ4n) is 1.48. The van der Waals surface area contributed by atoms with Crippen LogP contribution in [0.1, 0.15) is 19.4 Å². The van der Waals surface area contributed by atoms with E-state index in [1.807, 2.05) is 0 Å². The number of rotatable bonds is 4. The highest BCUT2D eigenvalue weighted by Crippen LogP contribution is 2.28. The minimum atomic E-state index is -0.846. The maximum atomic E-state index is 10.7. The highest BCUT2D eigenvalue weighted by Gasteiger charge is 2.18. The third kappa shape index (κ3) is 3.20. The van der Waals surface area contributed by atoms with Crippen LogP contribution in [0, 0.1) is 10.1 Å². The van der Waals surface area contributed by atoms with Gasteiger partial charge in [0.05, 0.1) is 17.6 Å². The molecule has 5 nitrogen and oxygen atoms in total. The van der Waals surface area contributed by atoms with E-state index in [0.717, 1.165) is 5.56 Å². The molecule has 0 aliphatic rings. The zero-order valence-electron chi connectivity index (χ0n) is 9.56. The number of nitro benzene ring substituents is 1. The van der Waals surface area contributed by atoms with Crippen molar-refractivity contribution in [3.63, 3.8) is 0 Å². The molecule has 0 saturated carbocycles. The maximum Gasteiger partial charge on any atom is 0.310 e. The first-order valence-corrected chi connectivity index (χ1v) is 4.87. The van der Waals surface area contributed by atoms with Crippen LogP contribution in [-0.4, -0.2) is 22.7 Å². The number of benzene rings is 1. The van der Waals surface area contributed by atoms with E-state index in [2.05, 4.69) is 0 Å². The minimum absolute atomic E-state index is 0.0676. The molecule has 0 heterocycles. The van der Waals surface area contributed by atoms with Gasteiger partial charge in [-0.05, 0) is 25.5 Å². The van der Waals surface area contributed by atoms with Gasteiger partial charge in [0.25, 0.3) is 0 Å². The van der Waals surface area contributed by atoms with Crippen molar-refractivity contribution in [1.29, 1.82) is 0 Å². The van der Waals surface area contributed by atoms with E-state index in [1.54, 1.807) is 26.0 Å². The summed E-state index contributed by atoms with van der Waals surface area (Å²) < 4.78 is 4.94. The van der Waals surface area contributed by atoms with Crippen LogP contribution >= 0.6 is 0 Å². The summed E-state index contributed by atoms with van der Waals surface area (Å²) in [5.41, 5.74) is -0.113. The number of hydrogen-bond donors (Lipinski definition) is 1. The molecule has 16 heavy (non-hydrogen) atoms. The van der Waals surface area contributed by atoms with Gasteiger partial charge in [-0.25, -0.2) is 0 Å². The standard InChI is InChI=1S/C11H15NO4/c1-11(2,13)7-8-4-5-9(12(14)15)10(6-8)16-3/h4-6,13H,7H2,1-3H3. The maximum absolute atomic E-state index is 10.7. The Morgan fingerprint density at radius 2 is 2.12 bits per heavy atom. The van der Waals surface area contributed by atoms with Crippen molar-refractivity contribution in [3.8, 4) is 5.75 Å². The number of ether oxygens (including phenoxy) is 1. The molecule has 0 bridgehead atoms. The molecule has 1 aromatic rings. The molecule has 0 amide bonds. The molecule has 0 saturated heterocycles. The average molecular weight is 225 g/mol. The van der Waals surface area contributed by atoms with Crippen LogP contribution in [0.2, 0.25) is 0 Å². The van der Waals surface area contributed by atoms with Crippen LogP contribution in [0.15, 0.2) is 18.2 Å². The highest BCUT2D eigenvalue weighted by molar-refractivity contribution is 5.48. The lowest BCUT2D eigenvalue weighted by Crippen LogP contribution is -2.21. The summed E-state index contributed by atoms with van der Waals surface area (Å²) in [5.74, 6) is 0.215. The van der Waals surface area contributed by atoms with Gasteiger partial charge in [0.1, 0.15) is 0 Å². The van der Waals surface area contributed by atoms with Gasteiger partial charge >= 0.3 is 5.69 Å². The number of aliphatic hydroxyl groups is 1. The van der Waals surface area contributed by atoms with E-state index >= 15 is 0 Å². The first kappa shape index (κ1) is 12.4. The van der Waals surface area contributed by atoms with Crippen LogP contribution < -0.4 is 4.74 Å². The molecular formula is C11H15NO4. The zero-order valence-corrected chi connectivity index (χ0v) is 9.56. The van der Waals surface area contributed by atoms with E-state index < -0.39 is 10.5 Å². The van der Waals surface area contributed by atoms with Gasteiger partial charge < -0.3 is 9.84 Å². The average Bonchev–Trinajstić information content (AvgIpc) is 2.14. The third-order valence-electron chi connectivity index (χ3n) is 2.08. The van der Waals surface area contributed by atoms with E-state index in [0.29, 0.717) is 6.42 Å². The highest BCUT2D eigenvalue weighted by atomic mass is 16.6. The Balaban J connectivity index is 3.05. The second kappa shape index (κ2) is 4.49. The fourth-order valence-corrected chi connectivity index (χ4v) is 1.48. The lowest BCUT2D eigenvalue weighted by Gasteiger charge is -2.17. The van der Waals surface area contributed by atoms with Gasteiger partial charge in [-0.1, -0.05) is 6.07 Å². The normalized spacial score (nSPS) is 11.2. The van der Waals surface area contributed by atoms with Crippen molar-refractivity contribution in [3.05, 3.63) is 33.9 Å². The number of methoxy groups -OCH3 is 1. The second-order valence-corrected chi connectivity index (χ2v) is 4.25. The molecule has 0 aromatic heterocycles. The Hall–Kier alpha value is -1.62. The van der Waals surface area contributed by atoms with Gasteiger partial charge in [0.2, 0.25) is 0 Å². The molecule has 0 radical (unpaired) electrons. The lowest BCUT2D eigenvalue weighted by atomic mass is 9.98. The zero-order chi connectivity index (χ0) is 12.3. The number of nitrogens with zero attached hydrogens (tertiary/aromatic N) is 1. The van der Waals surface area contributed by atoms with Crippen LogP contribution in [0.4, 0.5) is 5.69 Å². The molecular weight excluding hydrogens is 210 g/mol. The summed E-state index contributed by atoms with van der Waals surface area (Å²) in [6.07, 6.45) is 0.418. The molecule has 0 atom stereocenters. The lowest BCUT2D eigenvalue weighted by molar-refractivity contribution is -0.385. The van der Waals surface area contributed by atoms with Crippen LogP contribution in [0.5, 0.6) is 5.75 Å².